The second-order valence-electron chi connectivity index (χ2n) is 8.40. The molecule has 0 aliphatic carbocycles. The van der Waals surface area contributed by atoms with Crippen LogP contribution in [0.1, 0.15) is 70.5 Å². The summed E-state index contributed by atoms with van der Waals surface area (Å²) in [6, 6.07) is 7.62. The van der Waals surface area contributed by atoms with Crippen LogP contribution in [0.5, 0.6) is 11.5 Å². The molecule has 0 atom stereocenters. The molecular weight excluding hydrogens is 408 g/mol. The van der Waals surface area contributed by atoms with E-state index in [4.69, 9.17) is 14.2 Å². The number of nitrogens with zero attached hydrogens (tertiary/aromatic N) is 2. The zero-order valence-electron chi connectivity index (χ0n) is 19.5. The van der Waals surface area contributed by atoms with Gasteiger partial charge in [-0.1, -0.05) is 0 Å². The minimum absolute atomic E-state index is 0.0710. The number of hydrogen-bond donors (Lipinski definition) is 0. The average Bonchev–Trinajstić information content (AvgIpc) is 3.32. The summed E-state index contributed by atoms with van der Waals surface area (Å²) in [6.45, 7) is 7.32. The maximum absolute atomic E-state index is 11.9. The molecule has 2 aromatic rings. The number of aromatic nitrogens is 2. The van der Waals surface area contributed by atoms with Crippen LogP contribution in [0.3, 0.4) is 0 Å². The molecule has 7 heteroatoms. The zero-order valence-corrected chi connectivity index (χ0v) is 19.5. The van der Waals surface area contributed by atoms with Crippen molar-refractivity contribution in [1.29, 1.82) is 0 Å². The molecule has 2 rings (SSSR count). The van der Waals surface area contributed by atoms with Crippen LogP contribution < -0.4 is 9.47 Å². The zero-order chi connectivity index (χ0) is 23.2. The second-order valence-corrected chi connectivity index (χ2v) is 8.40. The molecule has 0 saturated heterocycles. The molecule has 32 heavy (non-hydrogen) atoms. The molecule has 0 aliphatic heterocycles. The van der Waals surface area contributed by atoms with Gasteiger partial charge >= 0.3 is 5.97 Å². The van der Waals surface area contributed by atoms with Gasteiger partial charge in [0.15, 0.2) is 0 Å². The first-order valence-electron chi connectivity index (χ1n) is 11.5. The Labute approximate surface area is 191 Å². The van der Waals surface area contributed by atoms with E-state index in [-0.39, 0.29) is 11.9 Å². The van der Waals surface area contributed by atoms with Gasteiger partial charge in [0, 0.05) is 18.8 Å². The normalized spacial score (nSPS) is 11.2. The van der Waals surface area contributed by atoms with Crippen LogP contribution in [0.25, 0.3) is 0 Å². The van der Waals surface area contributed by atoms with E-state index in [1.54, 1.807) is 12.4 Å². The highest BCUT2D eigenvalue weighted by Crippen LogP contribution is 2.25. The van der Waals surface area contributed by atoms with Gasteiger partial charge in [0.25, 0.3) is 0 Å². The van der Waals surface area contributed by atoms with E-state index in [1.165, 1.54) is 10.9 Å². The number of hydrogen-bond acceptors (Lipinski definition) is 6. The number of unbranched alkanes of at least 4 members (excludes halogenated alkanes) is 3. The van der Waals surface area contributed by atoms with Crippen LogP contribution in [0, 0.1) is 5.41 Å². The number of rotatable bonds is 15. The summed E-state index contributed by atoms with van der Waals surface area (Å²) in [7, 11) is 0. The Kier molecular flexibility index (Phi) is 10.8. The Morgan fingerprint density at radius 2 is 1.56 bits per heavy atom. The van der Waals surface area contributed by atoms with Gasteiger partial charge in [-0.25, -0.2) is 4.98 Å². The molecule has 0 radical (unpaired) electrons. The van der Waals surface area contributed by atoms with E-state index < -0.39 is 5.41 Å². The Morgan fingerprint density at radius 1 is 0.938 bits per heavy atom. The van der Waals surface area contributed by atoms with E-state index in [9.17, 15) is 9.59 Å². The highest BCUT2D eigenvalue weighted by Gasteiger charge is 2.28. The fourth-order valence-electron chi connectivity index (χ4n) is 3.20. The third-order valence-corrected chi connectivity index (χ3v) is 5.21. The maximum Gasteiger partial charge on any atom is 0.311 e. The Hall–Kier alpha value is -2.83. The van der Waals surface area contributed by atoms with Crippen LogP contribution in [-0.4, -0.2) is 41.2 Å². The molecule has 1 aromatic carbocycles. The van der Waals surface area contributed by atoms with Gasteiger partial charge in [-0.3, -0.25) is 14.2 Å². The molecule has 0 fully saturated rings. The number of carbonyl (C=O) groups excluding carboxylic acids is 2. The monoisotopic (exact) mass is 444 g/mol. The maximum atomic E-state index is 11.9. The van der Waals surface area contributed by atoms with Crippen LogP contribution in [0.4, 0.5) is 0 Å². The number of ether oxygens (including phenoxy) is 3. The van der Waals surface area contributed by atoms with Gasteiger partial charge in [0.1, 0.15) is 17.8 Å². The minimum Gasteiger partial charge on any atom is -0.494 e. The molecule has 176 valence electrons. The summed E-state index contributed by atoms with van der Waals surface area (Å²) in [5, 5.41) is 0. The largest absolute Gasteiger partial charge is 0.494 e. The van der Waals surface area contributed by atoms with Gasteiger partial charge in [0.2, 0.25) is 5.91 Å². The number of esters is 1. The quantitative estimate of drug-likeness (QED) is 0.274. The van der Waals surface area contributed by atoms with Crippen LogP contribution >= 0.6 is 0 Å². The summed E-state index contributed by atoms with van der Waals surface area (Å²) >= 11 is 0. The lowest BCUT2D eigenvalue weighted by Gasteiger charge is -2.21. The van der Waals surface area contributed by atoms with E-state index in [2.05, 4.69) is 4.98 Å². The van der Waals surface area contributed by atoms with Crippen molar-refractivity contribution >= 4 is 11.9 Å². The van der Waals surface area contributed by atoms with Crippen molar-refractivity contribution in [3.63, 3.8) is 0 Å². The first-order chi connectivity index (χ1) is 15.4. The molecule has 7 nitrogen and oxygen atoms in total. The smallest absolute Gasteiger partial charge is 0.311 e. The van der Waals surface area contributed by atoms with Crippen LogP contribution in [0.15, 0.2) is 43.0 Å². The van der Waals surface area contributed by atoms with Crippen LogP contribution in [-0.2, 0) is 9.53 Å². The Bertz CT molecular complexity index is 800. The topological polar surface area (TPSA) is 79.7 Å². The molecule has 0 saturated carbocycles. The van der Waals surface area contributed by atoms with Crippen molar-refractivity contribution in [3.05, 3.63) is 43.0 Å². The van der Waals surface area contributed by atoms with E-state index in [1.807, 2.05) is 45.0 Å². The van der Waals surface area contributed by atoms with Crippen molar-refractivity contribution in [2.45, 2.75) is 65.7 Å². The van der Waals surface area contributed by atoms with Crippen molar-refractivity contribution in [2.24, 2.45) is 5.41 Å². The second kappa shape index (κ2) is 13.6. The van der Waals surface area contributed by atoms with Crippen LogP contribution in [0.2, 0.25) is 0 Å². The summed E-state index contributed by atoms with van der Waals surface area (Å²) in [5.74, 6) is 1.55. The fourth-order valence-corrected chi connectivity index (χ4v) is 3.20. The standard InChI is InChI=1S/C25H36N2O5/c1-4-30-24(29)25(2,3)15-7-9-19-32-22-13-11-21(12-14-22)31-18-8-5-6-10-23(28)27-17-16-26-20-27/h11-14,16-17,20H,4-10,15,18-19H2,1-3H3. The number of benzene rings is 1. The average molecular weight is 445 g/mol. The summed E-state index contributed by atoms with van der Waals surface area (Å²) in [4.78, 5) is 27.6. The van der Waals surface area contributed by atoms with Gasteiger partial charge in [-0.2, -0.15) is 0 Å². The van der Waals surface area contributed by atoms with Gasteiger partial charge in [-0.05, 0) is 83.6 Å². The Balaban J connectivity index is 1.53. The lowest BCUT2D eigenvalue weighted by molar-refractivity contribution is -0.153. The first kappa shape index (κ1) is 25.4. The molecule has 0 bridgehead atoms. The molecular formula is C25H36N2O5. The fraction of sp³-hybridized carbons (Fsp3) is 0.560. The summed E-state index contributed by atoms with van der Waals surface area (Å²) < 4.78 is 18.2. The van der Waals surface area contributed by atoms with E-state index in [0.29, 0.717) is 26.2 Å². The molecule has 1 aromatic heterocycles. The van der Waals surface area contributed by atoms with Crippen molar-refractivity contribution in [3.8, 4) is 11.5 Å². The summed E-state index contributed by atoms with van der Waals surface area (Å²) in [6.07, 6.45) is 10.6. The van der Waals surface area contributed by atoms with Crippen molar-refractivity contribution in [1.82, 2.24) is 9.55 Å². The predicted octanol–water partition coefficient (Wildman–Crippen LogP) is 5.30. The van der Waals surface area contributed by atoms with Crippen molar-refractivity contribution in [2.75, 3.05) is 19.8 Å². The molecule has 0 unspecified atom stereocenters. The lowest BCUT2D eigenvalue weighted by Crippen LogP contribution is -2.26. The van der Waals surface area contributed by atoms with E-state index >= 15 is 0 Å². The summed E-state index contributed by atoms with van der Waals surface area (Å²) in [5.41, 5.74) is -0.454. The molecule has 0 aliphatic rings. The van der Waals surface area contributed by atoms with Crippen molar-refractivity contribution < 1.29 is 23.8 Å². The minimum atomic E-state index is -0.454. The van der Waals surface area contributed by atoms with E-state index in [0.717, 1.165) is 50.0 Å². The van der Waals surface area contributed by atoms with Gasteiger partial charge in [0.05, 0.1) is 25.2 Å². The number of carbonyl (C=O) groups is 2. The Morgan fingerprint density at radius 3 is 2.12 bits per heavy atom. The van der Waals surface area contributed by atoms with Gasteiger partial charge in [-0.15, -0.1) is 0 Å². The lowest BCUT2D eigenvalue weighted by atomic mass is 9.87. The predicted molar refractivity (Wildman–Crippen MR) is 123 cm³/mol. The van der Waals surface area contributed by atoms with Gasteiger partial charge < -0.3 is 14.2 Å². The third-order valence-electron chi connectivity index (χ3n) is 5.21. The molecule has 0 N–H and O–H groups in total. The highest BCUT2D eigenvalue weighted by atomic mass is 16.5. The molecule has 0 amide bonds. The molecule has 0 spiro atoms. The third kappa shape index (κ3) is 9.12. The highest BCUT2D eigenvalue weighted by molar-refractivity contribution is 5.78. The number of imidazole rings is 1. The SMILES string of the molecule is CCOC(=O)C(C)(C)CCCCOc1ccc(OCCCCCC(=O)n2ccnc2)cc1. The first-order valence-corrected chi connectivity index (χ1v) is 11.5. The molecule has 1 heterocycles.